The molecule has 11 heavy (non-hydrogen) atoms. The lowest BCUT2D eigenvalue weighted by molar-refractivity contribution is -0.136. The lowest BCUT2D eigenvalue weighted by Crippen LogP contribution is -2.14. The second-order valence-electron chi connectivity index (χ2n) is 2.40. The molecule has 3 nitrogen and oxygen atoms in total. The first-order valence-corrected chi connectivity index (χ1v) is 3.44. The summed E-state index contributed by atoms with van der Waals surface area (Å²) < 4.78 is 4.55. The van der Waals surface area contributed by atoms with Gasteiger partial charge >= 0.3 is 5.97 Å². The standard InChI is InChI=1S/C8H11NO2/c1-6-3-4-7(5-9-6)8(10)11-2/h3,5,9H,4H2,1-2H3. The highest BCUT2D eigenvalue weighted by Gasteiger charge is 2.10. The molecule has 1 aliphatic heterocycles. The lowest BCUT2D eigenvalue weighted by atomic mass is 10.1. The third-order valence-corrected chi connectivity index (χ3v) is 1.55. The molecular weight excluding hydrogens is 142 g/mol. The summed E-state index contributed by atoms with van der Waals surface area (Å²) in [7, 11) is 1.38. The predicted octanol–water partition coefficient (Wildman–Crippen LogP) is 0.940. The Labute approximate surface area is 65.7 Å². The predicted molar refractivity (Wildman–Crippen MR) is 41.6 cm³/mol. The van der Waals surface area contributed by atoms with Gasteiger partial charge in [-0.05, 0) is 6.92 Å². The van der Waals surface area contributed by atoms with Crippen molar-refractivity contribution < 1.29 is 9.53 Å². The minimum atomic E-state index is -0.263. The molecule has 1 aliphatic rings. The van der Waals surface area contributed by atoms with Crippen molar-refractivity contribution in [2.24, 2.45) is 0 Å². The van der Waals surface area contributed by atoms with Gasteiger partial charge in [0, 0.05) is 18.3 Å². The SMILES string of the molecule is COC(=O)C1=CNC(C)=CC1. The fourth-order valence-electron chi connectivity index (χ4n) is 0.855. The topological polar surface area (TPSA) is 38.3 Å². The van der Waals surface area contributed by atoms with Gasteiger partial charge in [-0.3, -0.25) is 0 Å². The molecule has 0 aliphatic carbocycles. The number of hydrogen-bond acceptors (Lipinski definition) is 3. The number of ether oxygens (including phenoxy) is 1. The Morgan fingerprint density at radius 3 is 2.91 bits per heavy atom. The minimum Gasteiger partial charge on any atom is -0.466 e. The third kappa shape index (κ3) is 1.83. The number of hydrogen-bond donors (Lipinski definition) is 1. The van der Waals surface area contributed by atoms with E-state index in [9.17, 15) is 4.79 Å². The zero-order valence-corrected chi connectivity index (χ0v) is 6.68. The first kappa shape index (κ1) is 7.85. The Morgan fingerprint density at radius 1 is 1.73 bits per heavy atom. The van der Waals surface area contributed by atoms with Crippen LogP contribution in [0.5, 0.6) is 0 Å². The first-order chi connectivity index (χ1) is 5.24. The molecule has 0 bridgehead atoms. The van der Waals surface area contributed by atoms with E-state index in [1.165, 1.54) is 7.11 Å². The summed E-state index contributed by atoms with van der Waals surface area (Å²) in [6, 6.07) is 0. The van der Waals surface area contributed by atoms with Gasteiger partial charge in [-0.15, -0.1) is 0 Å². The van der Waals surface area contributed by atoms with Crippen molar-refractivity contribution in [2.45, 2.75) is 13.3 Å². The molecule has 0 radical (unpaired) electrons. The number of rotatable bonds is 1. The number of esters is 1. The van der Waals surface area contributed by atoms with Crippen LogP contribution in [0.15, 0.2) is 23.5 Å². The molecule has 0 atom stereocenters. The number of carbonyl (C=O) groups is 1. The monoisotopic (exact) mass is 153 g/mol. The average molecular weight is 153 g/mol. The van der Waals surface area contributed by atoms with Gasteiger partial charge in [0.25, 0.3) is 0 Å². The van der Waals surface area contributed by atoms with E-state index in [0.29, 0.717) is 12.0 Å². The molecule has 1 heterocycles. The van der Waals surface area contributed by atoms with Crippen LogP contribution in [0.2, 0.25) is 0 Å². The largest absolute Gasteiger partial charge is 0.466 e. The van der Waals surface area contributed by atoms with E-state index in [2.05, 4.69) is 10.1 Å². The summed E-state index contributed by atoms with van der Waals surface area (Å²) >= 11 is 0. The molecule has 1 N–H and O–H groups in total. The van der Waals surface area contributed by atoms with Crippen LogP contribution in [0.3, 0.4) is 0 Å². The highest BCUT2D eigenvalue weighted by atomic mass is 16.5. The van der Waals surface area contributed by atoms with Gasteiger partial charge in [-0.25, -0.2) is 4.79 Å². The molecule has 0 fully saturated rings. The van der Waals surface area contributed by atoms with E-state index in [1.807, 2.05) is 13.0 Å². The molecule has 0 unspecified atom stereocenters. The molecule has 3 heteroatoms. The van der Waals surface area contributed by atoms with Crippen molar-refractivity contribution >= 4 is 5.97 Å². The Bertz CT molecular complexity index is 228. The molecule has 0 aromatic rings. The van der Waals surface area contributed by atoms with Gasteiger partial charge < -0.3 is 10.1 Å². The van der Waals surface area contributed by atoms with E-state index < -0.39 is 0 Å². The summed E-state index contributed by atoms with van der Waals surface area (Å²) in [5, 5.41) is 2.95. The van der Waals surface area contributed by atoms with Crippen molar-refractivity contribution in [2.75, 3.05) is 7.11 Å². The summed E-state index contributed by atoms with van der Waals surface area (Å²) in [6.07, 6.45) is 4.29. The second-order valence-corrected chi connectivity index (χ2v) is 2.40. The lowest BCUT2D eigenvalue weighted by Gasteiger charge is -2.10. The van der Waals surface area contributed by atoms with Crippen molar-refractivity contribution in [1.29, 1.82) is 0 Å². The van der Waals surface area contributed by atoms with Crippen LogP contribution in [-0.4, -0.2) is 13.1 Å². The van der Waals surface area contributed by atoms with Gasteiger partial charge in [-0.1, -0.05) is 6.08 Å². The molecule has 0 saturated carbocycles. The normalized spacial score (nSPS) is 16.2. The van der Waals surface area contributed by atoms with E-state index >= 15 is 0 Å². The van der Waals surface area contributed by atoms with Crippen LogP contribution < -0.4 is 5.32 Å². The molecule has 0 aromatic carbocycles. The van der Waals surface area contributed by atoms with Crippen molar-refractivity contribution in [3.63, 3.8) is 0 Å². The summed E-state index contributed by atoms with van der Waals surface area (Å²) in [4.78, 5) is 10.9. The fraction of sp³-hybridized carbons (Fsp3) is 0.375. The quantitative estimate of drug-likeness (QED) is 0.570. The van der Waals surface area contributed by atoms with E-state index in [0.717, 1.165) is 5.70 Å². The molecule has 1 rings (SSSR count). The highest BCUT2D eigenvalue weighted by Crippen LogP contribution is 2.09. The number of allylic oxidation sites excluding steroid dienone is 2. The Morgan fingerprint density at radius 2 is 2.45 bits per heavy atom. The summed E-state index contributed by atoms with van der Waals surface area (Å²) in [5.74, 6) is -0.263. The van der Waals surface area contributed by atoms with Crippen molar-refractivity contribution in [3.8, 4) is 0 Å². The van der Waals surface area contributed by atoms with Gasteiger partial charge in [0.15, 0.2) is 0 Å². The number of dihydropyridines is 1. The van der Waals surface area contributed by atoms with E-state index in [1.54, 1.807) is 6.20 Å². The number of methoxy groups -OCH3 is 1. The van der Waals surface area contributed by atoms with Gasteiger partial charge in [0.2, 0.25) is 0 Å². The maximum Gasteiger partial charge on any atom is 0.335 e. The van der Waals surface area contributed by atoms with Crippen LogP contribution in [0.4, 0.5) is 0 Å². The van der Waals surface area contributed by atoms with Crippen molar-refractivity contribution in [1.82, 2.24) is 5.32 Å². The molecular formula is C8H11NO2. The van der Waals surface area contributed by atoms with Gasteiger partial charge in [0.1, 0.15) is 0 Å². The highest BCUT2D eigenvalue weighted by molar-refractivity contribution is 5.88. The van der Waals surface area contributed by atoms with Gasteiger partial charge in [0.05, 0.1) is 12.7 Å². The van der Waals surface area contributed by atoms with Crippen LogP contribution >= 0.6 is 0 Å². The van der Waals surface area contributed by atoms with Gasteiger partial charge in [-0.2, -0.15) is 0 Å². The number of nitrogens with one attached hydrogen (secondary N) is 1. The van der Waals surface area contributed by atoms with Crippen LogP contribution in [0.1, 0.15) is 13.3 Å². The fourth-order valence-corrected chi connectivity index (χ4v) is 0.855. The Balaban J connectivity index is 2.58. The average Bonchev–Trinajstić information content (AvgIpc) is 2.05. The van der Waals surface area contributed by atoms with E-state index in [-0.39, 0.29) is 5.97 Å². The molecule has 60 valence electrons. The Kier molecular flexibility index (Phi) is 2.31. The zero-order valence-electron chi connectivity index (χ0n) is 6.68. The summed E-state index contributed by atoms with van der Waals surface area (Å²) in [6.45, 7) is 1.95. The molecule has 0 aromatic heterocycles. The van der Waals surface area contributed by atoms with Crippen molar-refractivity contribution in [3.05, 3.63) is 23.5 Å². The summed E-state index contributed by atoms with van der Waals surface area (Å²) in [5.41, 5.74) is 1.73. The number of carbonyl (C=O) groups excluding carboxylic acids is 1. The molecule has 0 spiro atoms. The minimum absolute atomic E-state index is 0.263. The first-order valence-electron chi connectivity index (χ1n) is 3.44. The van der Waals surface area contributed by atoms with Crippen LogP contribution in [-0.2, 0) is 9.53 Å². The maximum absolute atomic E-state index is 10.9. The maximum atomic E-state index is 10.9. The van der Waals surface area contributed by atoms with E-state index in [4.69, 9.17) is 0 Å². The third-order valence-electron chi connectivity index (χ3n) is 1.55. The smallest absolute Gasteiger partial charge is 0.335 e. The van der Waals surface area contributed by atoms with Crippen LogP contribution in [0.25, 0.3) is 0 Å². The molecule has 0 saturated heterocycles. The Hall–Kier alpha value is -1.25. The van der Waals surface area contributed by atoms with Crippen LogP contribution in [0, 0.1) is 0 Å². The second kappa shape index (κ2) is 3.23. The molecule has 0 amide bonds. The zero-order chi connectivity index (χ0) is 8.27.